The minimum atomic E-state index is 0.360. The number of pyridine rings is 1. The lowest BCUT2D eigenvalue weighted by Gasteiger charge is -2.22. The van der Waals surface area contributed by atoms with E-state index in [4.69, 9.17) is 21.1 Å². The van der Waals surface area contributed by atoms with Gasteiger partial charge in [-0.1, -0.05) is 35.9 Å². The average Bonchev–Trinajstić information content (AvgIpc) is 2.55. The van der Waals surface area contributed by atoms with Crippen LogP contribution in [0.5, 0.6) is 0 Å². The van der Waals surface area contributed by atoms with Gasteiger partial charge in [0.2, 0.25) is 0 Å². The SMILES string of the molecule is Clc1cc2ccccc2c(NCCCOC2CCOCC2)n1. The van der Waals surface area contributed by atoms with Crippen LogP contribution >= 0.6 is 11.6 Å². The Morgan fingerprint density at radius 3 is 2.95 bits per heavy atom. The molecule has 1 N–H and O–H groups in total. The highest BCUT2D eigenvalue weighted by molar-refractivity contribution is 6.30. The molecular weight excluding hydrogens is 300 g/mol. The maximum atomic E-state index is 6.08. The second kappa shape index (κ2) is 7.77. The number of hydrogen-bond acceptors (Lipinski definition) is 4. The lowest BCUT2D eigenvalue weighted by atomic mass is 10.1. The number of halogens is 1. The molecule has 22 heavy (non-hydrogen) atoms. The summed E-state index contributed by atoms with van der Waals surface area (Å²) >= 11 is 6.08. The Morgan fingerprint density at radius 1 is 1.27 bits per heavy atom. The lowest BCUT2D eigenvalue weighted by molar-refractivity contribution is -0.0316. The quantitative estimate of drug-likeness (QED) is 0.648. The van der Waals surface area contributed by atoms with Crippen molar-refractivity contribution in [1.29, 1.82) is 0 Å². The second-order valence-corrected chi connectivity index (χ2v) is 5.86. The highest BCUT2D eigenvalue weighted by atomic mass is 35.5. The molecule has 1 aromatic heterocycles. The van der Waals surface area contributed by atoms with Crippen molar-refractivity contribution < 1.29 is 9.47 Å². The van der Waals surface area contributed by atoms with Crippen molar-refractivity contribution in [3.63, 3.8) is 0 Å². The van der Waals surface area contributed by atoms with Crippen LogP contribution in [0.1, 0.15) is 19.3 Å². The highest BCUT2D eigenvalue weighted by Gasteiger charge is 2.13. The van der Waals surface area contributed by atoms with Gasteiger partial charge in [-0.3, -0.25) is 0 Å². The third kappa shape index (κ3) is 4.09. The molecular formula is C17H21ClN2O2. The monoisotopic (exact) mass is 320 g/mol. The van der Waals surface area contributed by atoms with Gasteiger partial charge < -0.3 is 14.8 Å². The van der Waals surface area contributed by atoms with Gasteiger partial charge in [-0.15, -0.1) is 0 Å². The molecule has 0 bridgehead atoms. The van der Waals surface area contributed by atoms with Crippen LogP contribution in [0.15, 0.2) is 30.3 Å². The normalized spacial score (nSPS) is 16.0. The van der Waals surface area contributed by atoms with E-state index < -0.39 is 0 Å². The Kier molecular flexibility index (Phi) is 5.48. The van der Waals surface area contributed by atoms with Gasteiger partial charge in [0.1, 0.15) is 11.0 Å². The van der Waals surface area contributed by atoms with E-state index in [0.717, 1.165) is 62.2 Å². The Bertz CT molecular complexity index is 615. The number of fused-ring (bicyclic) bond motifs is 1. The summed E-state index contributed by atoms with van der Waals surface area (Å²) in [5.74, 6) is 0.842. The van der Waals surface area contributed by atoms with Crippen LogP contribution in [0.2, 0.25) is 5.15 Å². The van der Waals surface area contributed by atoms with Crippen LogP contribution in [-0.2, 0) is 9.47 Å². The summed E-state index contributed by atoms with van der Waals surface area (Å²) < 4.78 is 11.2. The van der Waals surface area contributed by atoms with Crippen molar-refractivity contribution >= 4 is 28.2 Å². The molecule has 0 aliphatic carbocycles. The van der Waals surface area contributed by atoms with Crippen molar-refractivity contribution in [1.82, 2.24) is 4.98 Å². The average molecular weight is 321 g/mol. The molecule has 2 heterocycles. The molecule has 1 aromatic carbocycles. The molecule has 1 aliphatic rings. The first-order valence-electron chi connectivity index (χ1n) is 7.81. The summed E-state index contributed by atoms with van der Waals surface area (Å²) in [4.78, 5) is 4.39. The van der Waals surface area contributed by atoms with Crippen LogP contribution < -0.4 is 5.32 Å². The summed E-state index contributed by atoms with van der Waals surface area (Å²) in [6.07, 6.45) is 3.32. The molecule has 3 rings (SSSR count). The molecule has 1 aliphatic heterocycles. The summed E-state index contributed by atoms with van der Waals surface area (Å²) in [5, 5.41) is 6.07. The maximum Gasteiger partial charge on any atom is 0.135 e. The van der Waals surface area contributed by atoms with Crippen LogP contribution in [0, 0.1) is 0 Å². The zero-order valence-electron chi connectivity index (χ0n) is 12.6. The zero-order chi connectivity index (χ0) is 15.2. The van der Waals surface area contributed by atoms with Gasteiger partial charge in [0.15, 0.2) is 0 Å². The molecule has 4 nitrogen and oxygen atoms in total. The first-order chi connectivity index (χ1) is 10.8. The minimum Gasteiger partial charge on any atom is -0.381 e. The van der Waals surface area contributed by atoms with Crippen molar-refractivity contribution in [3.8, 4) is 0 Å². The van der Waals surface area contributed by atoms with Crippen molar-refractivity contribution in [3.05, 3.63) is 35.5 Å². The molecule has 0 spiro atoms. The largest absolute Gasteiger partial charge is 0.381 e. The molecule has 1 fully saturated rings. The number of rotatable bonds is 6. The third-order valence-electron chi connectivity index (χ3n) is 3.84. The number of benzene rings is 1. The van der Waals surface area contributed by atoms with E-state index >= 15 is 0 Å². The third-order valence-corrected chi connectivity index (χ3v) is 4.04. The molecule has 0 saturated carbocycles. The Morgan fingerprint density at radius 2 is 2.09 bits per heavy atom. The fourth-order valence-electron chi connectivity index (χ4n) is 2.67. The number of nitrogens with one attached hydrogen (secondary N) is 1. The van der Waals surface area contributed by atoms with Gasteiger partial charge in [0, 0.05) is 31.8 Å². The summed E-state index contributed by atoms with van der Waals surface area (Å²) in [7, 11) is 0. The summed E-state index contributed by atoms with van der Waals surface area (Å²) in [6.45, 7) is 3.22. The highest BCUT2D eigenvalue weighted by Crippen LogP contribution is 2.24. The number of hydrogen-bond donors (Lipinski definition) is 1. The van der Waals surface area contributed by atoms with Gasteiger partial charge in [0.05, 0.1) is 6.10 Å². The van der Waals surface area contributed by atoms with Crippen LogP contribution in [0.4, 0.5) is 5.82 Å². The fraction of sp³-hybridized carbons (Fsp3) is 0.471. The number of ether oxygens (including phenoxy) is 2. The number of aromatic nitrogens is 1. The van der Waals surface area contributed by atoms with Gasteiger partial charge in [-0.25, -0.2) is 4.98 Å². The lowest BCUT2D eigenvalue weighted by Crippen LogP contribution is -2.24. The van der Waals surface area contributed by atoms with E-state index in [2.05, 4.69) is 16.4 Å². The van der Waals surface area contributed by atoms with Gasteiger partial charge in [-0.2, -0.15) is 0 Å². The molecule has 2 aromatic rings. The minimum absolute atomic E-state index is 0.360. The van der Waals surface area contributed by atoms with E-state index in [1.807, 2.05) is 24.3 Å². The standard InChI is InChI=1S/C17H21ClN2O2/c18-16-12-13-4-1-2-5-15(13)17(20-16)19-8-3-9-22-14-6-10-21-11-7-14/h1-2,4-5,12,14H,3,6-11H2,(H,19,20). The number of nitrogens with zero attached hydrogens (tertiary/aromatic N) is 1. The van der Waals surface area contributed by atoms with E-state index in [-0.39, 0.29) is 0 Å². The Balaban J connectivity index is 1.49. The molecule has 0 unspecified atom stereocenters. The molecule has 0 atom stereocenters. The fourth-order valence-corrected chi connectivity index (χ4v) is 2.87. The van der Waals surface area contributed by atoms with Crippen molar-refractivity contribution in [2.45, 2.75) is 25.4 Å². The van der Waals surface area contributed by atoms with E-state index in [1.165, 1.54) is 0 Å². The Hall–Kier alpha value is -1.36. The van der Waals surface area contributed by atoms with Gasteiger partial charge >= 0.3 is 0 Å². The molecule has 0 radical (unpaired) electrons. The first-order valence-corrected chi connectivity index (χ1v) is 8.19. The molecule has 5 heteroatoms. The zero-order valence-corrected chi connectivity index (χ0v) is 13.3. The van der Waals surface area contributed by atoms with E-state index in [1.54, 1.807) is 0 Å². The molecule has 0 amide bonds. The van der Waals surface area contributed by atoms with Crippen molar-refractivity contribution in [2.24, 2.45) is 0 Å². The van der Waals surface area contributed by atoms with Crippen molar-refractivity contribution in [2.75, 3.05) is 31.7 Å². The Labute approximate surface area is 135 Å². The maximum absolute atomic E-state index is 6.08. The predicted octanol–water partition coefficient (Wildman–Crippen LogP) is 3.89. The van der Waals surface area contributed by atoms with E-state index in [9.17, 15) is 0 Å². The first kappa shape index (κ1) is 15.5. The summed E-state index contributed by atoms with van der Waals surface area (Å²) in [5.41, 5.74) is 0. The van der Waals surface area contributed by atoms with Crippen LogP contribution in [-0.4, -0.2) is 37.5 Å². The van der Waals surface area contributed by atoms with E-state index in [0.29, 0.717) is 11.3 Å². The molecule has 118 valence electrons. The van der Waals surface area contributed by atoms with Crippen LogP contribution in [0.25, 0.3) is 10.8 Å². The number of anilines is 1. The topological polar surface area (TPSA) is 43.4 Å². The van der Waals surface area contributed by atoms with Crippen LogP contribution in [0.3, 0.4) is 0 Å². The van der Waals surface area contributed by atoms with Gasteiger partial charge in [0.25, 0.3) is 0 Å². The molecule has 1 saturated heterocycles. The second-order valence-electron chi connectivity index (χ2n) is 5.48. The summed E-state index contributed by atoms with van der Waals surface area (Å²) in [6, 6.07) is 10.00. The predicted molar refractivity (Wildman–Crippen MR) is 89.7 cm³/mol. The smallest absolute Gasteiger partial charge is 0.135 e. The van der Waals surface area contributed by atoms with Gasteiger partial charge in [-0.05, 0) is 30.7 Å².